The molecule has 4 rings (SSSR count). The first-order chi connectivity index (χ1) is 14.3. The first kappa shape index (κ1) is 21.0. The standard InChI is InChI=1S/C21H29N5O3S/c1-16-3-5-18(6-4-16)26-20(13-17(2)23-26)22-21(27)14-24-8-10-25(11-9-24)19-7-12-30(28,29)15-19/h3-6,13,19H,7-12,14-15H2,1-2H3,(H,22,27). The molecule has 1 aromatic heterocycles. The summed E-state index contributed by atoms with van der Waals surface area (Å²) in [5.74, 6) is 1.17. The molecule has 1 unspecified atom stereocenters. The van der Waals surface area contributed by atoms with Crippen molar-refractivity contribution in [2.24, 2.45) is 0 Å². The molecule has 9 heteroatoms. The van der Waals surface area contributed by atoms with Crippen molar-refractivity contribution in [3.8, 4) is 5.69 Å². The van der Waals surface area contributed by atoms with Gasteiger partial charge in [0.15, 0.2) is 9.84 Å². The third-order valence-corrected chi connectivity index (χ3v) is 7.63. The fraction of sp³-hybridized carbons (Fsp3) is 0.524. The number of piperazine rings is 1. The third-order valence-electron chi connectivity index (χ3n) is 5.88. The monoisotopic (exact) mass is 431 g/mol. The number of aryl methyl sites for hydroxylation is 2. The molecule has 2 aliphatic rings. The number of anilines is 1. The van der Waals surface area contributed by atoms with Crippen molar-refractivity contribution in [3.63, 3.8) is 0 Å². The third kappa shape index (κ3) is 4.91. The maximum Gasteiger partial charge on any atom is 0.239 e. The minimum Gasteiger partial charge on any atom is -0.309 e. The summed E-state index contributed by atoms with van der Waals surface area (Å²) in [6.45, 7) is 7.38. The van der Waals surface area contributed by atoms with Crippen LogP contribution in [0.4, 0.5) is 5.82 Å². The number of amides is 1. The molecule has 2 saturated heterocycles. The second-order valence-corrected chi connectivity index (χ2v) is 10.6. The van der Waals surface area contributed by atoms with Crippen LogP contribution in [0.3, 0.4) is 0 Å². The zero-order valence-electron chi connectivity index (χ0n) is 17.5. The number of sulfone groups is 1. The minimum absolute atomic E-state index is 0.0693. The van der Waals surface area contributed by atoms with E-state index >= 15 is 0 Å². The molecule has 1 amide bonds. The number of benzene rings is 1. The number of carbonyl (C=O) groups excluding carboxylic acids is 1. The lowest BCUT2D eigenvalue weighted by molar-refractivity contribution is -0.117. The van der Waals surface area contributed by atoms with Gasteiger partial charge < -0.3 is 5.32 Å². The zero-order valence-corrected chi connectivity index (χ0v) is 18.4. The van der Waals surface area contributed by atoms with Crippen LogP contribution < -0.4 is 5.32 Å². The van der Waals surface area contributed by atoms with Crippen LogP contribution in [0, 0.1) is 13.8 Å². The molecule has 3 heterocycles. The van der Waals surface area contributed by atoms with Gasteiger partial charge in [-0.15, -0.1) is 0 Å². The Labute approximate surface area is 177 Å². The zero-order chi connectivity index (χ0) is 21.3. The van der Waals surface area contributed by atoms with Crippen molar-refractivity contribution in [1.29, 1.82) is 0 Å². The van der Waals surface area contributed by atoms with Gasteiger partial charge in [0.05, 0.1) is 29.4 Å². The largest absolute Gasteiger partial charge is 0.309 e. The number of hydrogen-bond donors (Lipinski definition) is 1. The second kappa shape index (κ2) is 8.49. The van der Waals surface area contributed by atoms with Gasteiger partial charge in [-0.05, 0) is 32.4 Å². The van der Waals surface area contributed by atoms with E-state index in [0.717, 1.165) is 44.0 Å². The Hall–Kier alpha value is -2.23. The summed E-state index contributed by atoms with van der Waals surface area (Å²) >= 11 is 0. The molecule has 2 aromatic rings. The quantitative estimate of drug-likeness (QED) is 0.766. The number of rotatable bonds is 5. The molecule has 2 aliphatic heterocycles. The molecule has 0 bridgehead atoms. The predicted molar refractivity (Wildman–Crippen MR) is 117 cm³/mol. The lowest BCUT2D eigenvalue weighted by Crippen LogP contribution is -2.52. The summed E-state index contributed by atoms with van der Waals surface area (Å²) in [6, 6.07) is 10.0. The van der Waals surface area contributed by atoms with Crippen molar-refractivity contribution < 1.29 is 13.2 Å². The molecule has 0 aliphatic carbocycles. The van der Waals surface area contributed by atoms with E-state index < -0.39 is 9.84 Å². The molecule has 1 atom stereocenters. The van der Waals surface area contributed by atoms with Crippen LogP contribution in [-0.4, -0.2) is 84.2 Å². The predicted octanol–water partition coefficient (Wildman–Crippen LogP) is 1.23. The van der Waals surface area contributed by atoms with E-state index in [1.807, 2.05) is 44.2 Å². The minimum atomic E-state index is -2.87. The molecule has 0 spiro atoms. The van der Waals surface area contributed by atoms with Gasteiger partial charge in [-0.3, -0.25) is 14.6 Å². The van der Waals surface area contributed by atoms with Gasteiger partial charge >= 0.3 is 0 Å². The maximum atomic E-state index is 12.7. The fourth-order valence-corrected chi connectivity index (χ4v) is 5.97. The van der Waals surface area contributed by atoms with Crippen LogP contribution >= 0.6 is 0 Å². The summed E-state index contributed by atoms with van der Waals surface area (Å²) < 4.78 is 25.2. The van der Waals surface area contributed by atoms with Crippen LogP contribution in [0.5, 0.6) is 0 Å². The number of hydrogen-bond acceptors (Lipinski definition) is 6. The van der Waals surface area contributed by atoms with Crippen LogP contribution in [0.1, 0.15) is 17.7 Å². The molecule has 162 valence electrons. The Morgan fingerprint density at radius 2 is 1.83 bits per heavy atom. The molecular weight excluding hydrogens is 402 g/mol. The molecule has 2 fully saturated rings. The summed E-state index contributed by atoms with van der Waals surface area (Å²) in [4.78, 5) is 17.0. The highest BCUT2D eigenvalue weighted by molar-refractivity contribution is 7.91. The van der Waals surface area contributed by atoms with Crippen molar-refractivity contribution in [2.75, 3.05) is 49.5 Å². The highest BCUT2D eigenvalue weighted by Gasteiger charge is 2.33. The SMILES string of the molecule is Cc1ccc(-n2nc(C)cc2NC(=O)CN2CCN(C3CCS(=O)(=O)C3)CC2)cc1. The van der Waals surface area contributed by atoms with E-state index in [0.29, 0.717) is 18.1 Å². The van der Waals surface area contributed by atoms with Crippen LogP contribution in [0.2, 0.25) is 0 Å². The van der Waals surface area contributed by atoms with Crippen molar-refractivity contribution in [1.82, 2.24) is 19.6 Å². The number of carbonyl (C=O) groups is 1. The summed E-state index contributed by atoms with van der Waals surface area (Å²) in [5, 5.41) is 7.50. The molecule has 30 heavy (non-hydrogen) atoms. The van der Waals surface area contributed by atoms with Gasteiger partial charge in [0.1, 0.15) is 5.82 Å². The average molecular weight is 432 g/mol. The van der Waals surface area contributed by atoms with E-state index in [1.165, 1.54) is 5.56 Å². The Balaban J connectivity index is 1.32. The molecular formula is C21H29N5O3S. The van der Waals surface area contributed by atoms with Crippen molar-refractivity contribution in [3.05, 3.63) is 41.6 Å². The Morgan fingerprint density at radius 1 is 1.13 bits per heavy atom. The lowest BCUT2D eigenvalue weighted by Gasteiger charge is -2.37. The van der Waals surface area contributed by atoms with E-state index in [2.05, 4.69) is 20.2 Å². The normalized spacial score (nSPS) is 22.3. The van der Waals surface area contributed by atoms with E-state index in [1.54, 1.807) is 4.68 Å². The highest BCUT2D eigenvalue weighted by Crippen LogP contribution is 2.20. The van der Waals surface area contributed by atoms with Gasteiger partial charge in [-0.25, -0.2) is 13.1 Å². The number of aromatic nitrogens is 2. The Morgan fingerprint density at radius 3 is 2.47 bits per heavy atom. The van der Waals surface area contributed by atoms with Gasteiger partial charge in [0.2, 0.25) is 5.91 Å². The van der Waals surface area contributed by atoms with Crippen LogP contribution in [0.15, 0.2) is 30.3 Å². The highest BCUT2D eigenvalue weighted by atomic mass is 32.2. The van der Waals surface area contributed by atoms with E-state index in [-0.39, 0.29) is 17.7 Å². The average Bonchev–Trinajstić information content (AvgIpc) is 3.24. The first-order valence-corrected chi connectivity index (χ1v) is 12.2. The van der Waals surface area contributed by atoms with Crippen LogP contribution in [-0.2, 0) is 14.6 Å². The molecule has 0 saturated carbocycles. The van der Waals surface area contributed by atoms with Gasteiger partial charge in [0, 0.05) is 38.3 Å². The number of nitrogens with zero attached hydrogens (tertiary/aromatic N) is 4. The van der Waals surface area contributed by atoms with Crippen LogP contribution in [0.25, 0.3) is 5.69 Å². The van der Waals surface area contributed by atoms with Crippen molar-refractivity contribution >= 4 is 21.6 Å². The Kier molecular flexibility index (Phi) is 5.95. The molecule has 0 radical (unpaired) electrons. The van der Waals surface area contributed by atoms with Gasteiger partial charge in [0.25, 0.3) is 0 Å². The van der Waals surface area contributed by atoms with E-state index in [9.17, 15) is 13.2 Å². The van der Waals surface area contributed by atoms with Gasteiger partial charge in [-0.1, -0.05) is 17.7 Å². The lowest BCUT2D eigenvalue weighted by atomic mass is 10.2. The van der Waals surface area contributed by atoms with E-state index in [4.69, 9.17) is 0 Å². The topological polar surface area (TPSA) is 87.5 Å². The summed E-state index contributed by atoms with van der Waals surface area (Å²) in [6.07, 6.45) is 0.727. The van der Waals surface area contributed by atoms with Crippen molar-refractivity contribution in [2.45, 2.75) is 26.3 Å². The fourth-order valence-electron chi connectivity index (χ4n) is 4.21. The van der Waals surface area contributed by atoms with Gasteiger partial charge in [-0.2, -0.15) is 5.10 Å². The molecule has 1 N–H and O–H groups in total. The summed E-state index contributed by atoms with van der Waals surface area (Å²) in [5.41, 5.74) is 2.91. The smallest absolute Gasteiger partial charge is 0.239 e. The molecule has 8 nitrogen and oxygen atoms in total. The summed E-state index contributed by atoms with van der Waals surface area (Å²) in [7, 11) is -2.87. The molecule has 1 aromatic carbocycles. The number of nitrogens with one attached hydrogen (secondary N) is 1. The Bertz CT molecular complexity index is 1010. The second-order valence-electron chi connectivity index (χ2n) is 8.34. The first-order valence-electron chi connectivity index (χ1n) is 10.4. The maximum absolute atomic E-state index is 12.7.